The van der Waals surface area contributed by atoms with Crippen LogP contribution in [0.15, 0.2) is 17.5 Å². The van der Waals surface area contributed by atoms with E-state index in [1.165, 1.54) is 0 Å². The number of carbonyl (C=O) groups is 2. The lowest BCUT2D eigenvalue weighted by Crippen LogP contribution is -2.41. The van der Waals surface area contributed by atoms with Crippen LogP contribution in [0.1, 0.15) is 24.1 Å². The summed E-state index contributed by atoms with van der Waals surface area (Å²) in [4.78, 5) is 25.6. The molecule has 1 heterocycles. The second kappa shape index (κ2) is 6.06. The minimum absolute atomic E-state index is 0.0145. The molecule has 1 saturated carbocycles. The fourth-order valence-electron chi connectivity index (χ4n) is 2.33. The van der Waals surface area contributed by atoms with Crippen LogP contribution in [-0.4, -0.2) is 35.1 Å². The Bertz CT molecular complexity index is 447. The van der Waals surface area contributed by atoms with Gasteiger partial charge in [0.1, 0.15) is 0 Å². The van der Waals surface area contributed by atoms with Gasteiger partial charge < -0.3 is 15.3 Å². The van der Waals surface area contributed by atoms with Gasteiger partial charge in [0, 0.05) is 18.0 Å². The minimum atomic E-state index is -0.760. The molecule has 2 amide bonds. The zero-order valence-electron chi connectivity index (χ0n) is 10.8. The van der Waals surface area contributed by atoms with Crippen LogP contribution in [-0.2, 0) is 11.3 Å². The van der Waals surface area contributed by atoms with Crippen molar-refractivity contribution in [3.63, 3.8) is 0 Å². The van der Waals surface area contributed by atoms with Crippen LogP contribution in [0, 0.1) is 5.92 Å². The Morgan fingerprint density at radius 1 is 1.53 bits per heavy atom. The molecule has 2 atom stereocenters. The van der Waals surface area contributed by atoms with E-state index in [2.05, 4.69) is 5.32 Å². The van der Waals surface area contributed by atoms with E-state index in [4.69, 9.17) is 5.11 Å². The molecule has 0 spiro atoms. The van der Waals surface area contributed by atoms with Crippen LogP contribution in [0.3, 0.4) is 0 Å². The first-order chi connectivity index (χ1) is 9.06. The summed E-state index contributed by atoms with van der Waals surface area (Å²) >= 11 is 1.62. The molecule has 0 unspecified atom stereocenters. The lowest BCUT2D eigenvalue weighted by molar-refractivity contribution is -0.141. The second-order valence-electron chi connectivity index (χ2n) is 4.93. The first kappa shape index (κ1) is 13.9. The van der Waals surface area contributed by atoms with E-state index >= 15 is 0 Å². The maximum atomic E-state index is 12.0. The summed E-state index contributed by atoms with van der Waals surface area (Å²) in [5.74, 6) is -1.07. The van der Waals surface area contributed by atoms with Gasteiger partial charge in [0.25, 0.3) is 0 Å². The average molecular weight is 282 g/mol. The molecule has 0 aromatic carbocycles. The summed E-state index contributed by atoms with van der Waals surface area (Å²) < 4.78 is 0. The highest BCUT2D eigenvalue weighted by atomic mass is 32.1. The highest BCUT2D eigenvalue weighted by Gasteiger charge is 2.30. The van der Waals surface area contributed by atoms with Gasteiger partial charge in [-0.25, -0.2) is 4.79 Å². The lowest BCUT2D eigenvalue weighted by atomic mass is 10.1. The number of rotatable bonds is 4. The number of urea groups is 1. The van der Waals surface area contributed by atoms with Gasteiger partial charge in [-0.05, 0) is 30.7 Å². The summed E-state index contributed by atoms with van der Waals surface area (Å²) in [6, 6.07) is 3.80. The number of amides is 2. The molecule has 0 radical (unpaired) electrons. The number of aliphatic carboxylic acids is 1. The molecular weight excluding hydrogens is 264 g/mol. The number of nitrogens with one attached hydrogen (secondary N) is 1. The number of carbonyl (C=O) groups excluding carboxylic acids is 1. The molecule has 1 aliphatic carbocycles. The molecule has 1 aromatic rings. The van der Waals surface area contributed by atoms with Crippen LogP contribution in [0.25, 0.3) is 0 Å². The topological polar surface area (TPSA) is 69.6 Å². The zero-order valence-corrected chi connectivity index (χ0v) is 11.7. The molecule has 0 aliphatic heterocycles. The molecular formula is C13H18N2O3S. The molecule has 5 nitrogen and oxygen atoms in total. The summed E-state index contributed by atoms with van der Waals surface area (Å²) in [7, 11) is 1.75. The first-order valence-electron chi connectivity index (χ1n) is 6.33. The number of hydrogen-bond donors (Lipinski definition) is 2. The van der Waals surface area contributed by atoms with Crippen molar-refractivity contribution in [1.29, 1.82) is 0 Å². The highest BCUT2D eigenvalue weighted by molar-refractivity contribution is 7.09. The Kier molecular flexibility index (Phi) is 4.42. The first-order valence-corrected chi connectivity index (χ1v) is 7.21. The molecule has 0 bridgehead atoms. The van der Waals surface area contributed by atoms with Gasteiger partial charge in [-0.3, -0.25) is 4.79 Å². The molecule has 1 aliphatic rings. The van der Waals surface area contributed by atoms with Crippen LogP contribution in [0.4, 0.5) is 4.79 Å². The number of thiophene rings is 1. The third-order valence-corrected chi connectivity index (χ3v) is 4.29. The van der Waals surface area contributed by atoms with Crippen molar-refractivity contribution in [1.82, 2.24) is 10.2 Å². The van der Waals surface area contributed by atoms with Gasteiger partial charge in [-0.1, -0.05) is 6.07 Å². The van der Waals surface area contributed by atoms with Crippen molar-refractivity contribution in [2.75, 3.05) is 7.05 Å². The van der Waals surface area contributed by atoms with E-state index in [1.54, 1.807) is 23.3 Å². The monoisotopic (exact) mass is 282 g/mol. The molecule has 19 heavy (non-hydrogen) atoms. The van der Waals surface area contributed by atoms with Gasteiger partial charge in [0.05, 0.1) is 12.5 Å². The van der Waals surface area contributed by atoms with Gasteiger partial charge in [-0.15, -0.1) is 11.3 Å². The van der Waals surface area contributed by atoms with Gasteiger partial charge in [0.15, 0.2) is 0 Å². The number of carboxylic acid groups (broad SMARTS) is 1. The van der Waals surface area contributed by atoms with Gasteiger partial charge >= 0.3 is 12.0 Å². The average Bonchev–Trinajstić information content (AvgIpc) is 2.99. The largest absolute Gasteiger partial charge is 0.481 e. The normalized spacial score (nSPS) is 22.2. The van der Waals surface area contributed by atoms with Crippen molar-refractivity contribution in [3.8, 4) is 0 Å². The maximum absolute atomic E-state index is 12.0. The predicted molar refractivity (Wildman–Crippen MR) is 73.1 cm³/mol. The fourth-order valence-corrected chi connectivity index (χ4v) is 3.09. The maximum Gasteiger partial charge on any atom is 0.317 e. The third-order valence-electron chi connectivity index (χ3n) is 3.43. The second-order valence-corrected chi connectivity index (χ2v) is 5.96. The van der Waals surface area contributed by atoms with Gasteiger partial charge in [-0.2, -0.15) is 0 Å². The standard InChI is InChI=1S/C13H18N2O3S/c1-15(8-11-3-2-6-19-11)13(18)14-10-5-4-9(7-10)12(16)17/h2-3,6,9-10H,4-5,7-8H2,1H3,(H,14,18)(H,16,17)/t9-,10+/m1/s1. The van der Waals surface area contributed by atoms with Crippen LogP contribution < -0.4 is 5.32 Å². The Labute approximate surface area is 116 Å². The van der Waals surface area contributed by atoms with E-state index in [-0.39, 0.29) is 18.0 Å². The number of hydrogen-bond acceptors (Lipinski definition) is 3. The SMILES string of the molecule is CN(Cc1cccs1)C(=O)N[C@H]1CC[C@@H](C(=O)O)C1. The number of nitrogens with zero attached hydrogens (tertiary/aromatic N) is 1. The summed E-state index contributed by atoms with van der Waals surface area (Å²) in [6.07, 6.45) is 1.93. The predicted octanol–water partition coefficient (Wildman–Crippen LogP) is 2.14. The van der Waals surface area contributed by atoms with Crippen molar-refractivity contribution < 1.29 is 14.7 Å². The Balaban J connectivity index is 1.79. The van der Waals surface area contributed by atoms with E-state index in [9.17, 15) is 9.59 Å². The van der Waals surface area contributed by atoms with Crippen molar-refractivity contribution in [3.05, 3.63) is 22.4 Å². The third kappa shape index (κ3) is 3.70. The Hall–Kier alpha value is -1.56. The molecule has 1 fully saturated rings. The number of carboxylic acids is 1. The van der Waals surface area contributed by atoms with Crippen LogP contribution in [0.5, 0.6) is 0 Å². The van der Waals surface area contributed by atoms with Crippen molar-refractivity contribution in [2.45, 2.75) is 31.8 Å². The summed E-state index contributed by atoms with van der Waals surface area (Å²) in [5.41, 5.74) is 0. The Morgan fingerprint density at radius 2 is 2.32 bits per heavy atom. The zero-order chi connectivity index (χ0) is 13.8. The molecule has 2 rings (SSSR count). The minimum Gasteiger partial charge on any atom is -0.481 e. The van der Waals surface area contributed by atoms with Crippen LogP contribution in [0.2, 0.25) is 0 Å². The van der Waals surface area contributed by atoms with E-state index < -0.39 is 5.97 Å². The van der Waals surface area contributed by atoms with Crippen LogP contribution >= 0.6 is 11.3 Å². The Morgan fingerprint density at radius 3 is 2.89 bits per heavy atom. The molecule has 1 aromatic heterocycles. The van der Waals surface area contributed by atoms with E-state index in [0.29, 0.717) is 19.4 Å². The summed E-state index contributed by atoms with van der Waals surface area (Å²) in [6.45, 7) is 0.582. The fraction of sp³-hybridized carbons (Fsp3) is 0.538. The molecule has 104 valence electrons. The lowest BCUT2D eigenvalue weighted by Gasteiger charge is -2.20. The summed E-state index contributed by atoms with van der Waals surface area (Å²) in [5, 5.41) is 13.8. The van der Waals surface area contributed by atoms with E-state index in [1.807, 2.05) is 17.5 Å². The van der Waals surface area contributed by atoms with E-state index in [0.717, 1.165) is 11.3 Å². The van der Waals surface area contributed by atoms with Crippen molar-refractivity contribution >= 4 is 23.3 Å². The molecule has 2 N–H and O–H groups in total. The molecule has 0 saturated heterocycles. The quantitative estimate of drug-likeness (QED) is 0.889. The van der Waals surface area contributed by atoms with Gasteiger partial charge in [0.2, 0.25) is 0 Å². The smallest absolute Gasteiger partial charge is 0.317 e. The van der Waals surface area contributed by atoms with Crippen molar-refractivity contribution in [2.24, 2.45) is 5.92 Å². The molecule has 6 heteroatoms. The highest BCUT2D eigenvalue weighted by Crippen LogP contribution is 2.25.